The first-order valence-electron chi connectivity index (χ1n) is 14.0. The number of ketones is 1. The van der Waals surface area contributed by atoms with E-state index in [9.17, 15) is 19.2 Å². The third kappa shape index (κ3) is 6.24. The number of hydrogen-bond acceptors (Lipinski definition) is 5. The zero-order valence-corrected chi connectivity index (χ0v) is 22.4. The maximum absolute atomic E-state index is 12.7. The van der Waals surface area contributed by atoms with Gasteiger partial charge in [-0.05, 0) is 91.6 Å². The Morgan fingerprint density at radius 3 is 2.54 bits per heavy atom. The maximum atomic E-state index is 12.7. The first-order valence-corrected chi connectivity index (χ1v) is 14.0. The van der Waals surface area contributed by atoms with Crippen LogP contribution in [-0.4, -0.2) is 43.3 Å². The Hall–Kier alpha value is -2.70. The van der Waals surface area contributed by atoms with Crippen LogP contribution in [0.3, 0.4) is 0 Å². The first kappa shape index (κ1) is 27.3. The Morgan fingerprint density at radius 2 is 1.78 bits per heavy atom. The van der Waals surface area contributed by atoms with Crippen LogP contribution in [0, 0.1) is 47.3 Å². The van der Waals surface area contributed by atoms with E-state index >= 15 is 0 Å². The van der Waals surface area contributed by atoms with Crippen LogP contribution >= 0.6 is 0 Å². The lowest BCUT2D eigenvalue weighted by Gasteiger charge is -2.35. The van der Waals surface area contributed by atoms with Gasteiger partial charge in [-0.3, -0.25) is 14.4 Å². The molecule has 37 heavy (non-hydrogen) atoms. The Balaban J connectivity index is 1.54. The van der Waals surface area contributed by atoms with Gasteiger partial charge in [-0.1, -0.05) is 44.6 Å². The first-order chi connectivity index (χ1) is 17.8. The van der Waals surface area contributed by atoms with E-state index in [0.717, 1.165) is 24.7 Å². The minimum Gasteiger partial charge on any atom is -0.467 e. The van der Waals surface area contributed by atoms with Gasteiger partial charge >= 0.3 is 5.97 Å². The van der Waals surface area contributed by atoms with Crippen LogP contribution in [-0.2, 0) is 23.9 Å². The minimum atomic E-state index is -0.847. The summed E-state index contributed by atoms with van der Waals surface area (Å²) in [6.07, 6.45) is 16.8. The molecule has 4 aliphatic rings. The van der Waals surface area contributed by atoms with Gasteiger partial charge in [0.1, 0.15) is 6.04 Å². The van der Waals surface area contributed by atoms with Crippen LogP contribution in [0.15, 0.2) is 36.5 Å². The number of carbonyl (C=O) groups is 4. The fourth-order valence-corrected chi connectivity index (χ4v) is 7.68. The molecule has 0 saturated heterocycles. The number of hydrogen-bond donors (Lipinski definition) is 2. The second-order valence-electron chi connectivity index (χ2n) is 11.4. The van der Waals surface area contributed by atoms with Gasteiger partial charge < -0.3 is 15.4 Å². The molecule has 7 heteroatoms. The highest BCUT2D eigenvalue weighted by atomic mass is 16.5. The molecule has 3 aliphatic carbocycles. The van der Waals surface area contributed by atoms with Gasteiger partial charge in [0.2, 0.25) is 11.8 Å². The number of nitrogens with one attached hydrogen (secondary N) is 2. The molecule has 2 amide bonds. The lowest BCUT2D eigenvalue weighted by molar-refractivity contribution is -0.145. The summed E-state index contributed by atoms with van der Waals surface area (Å²) in [7, 11) is 1.26. The van der Waals surface area contributed by atoms with E-state index in [1.807, 2.05) is 12.2 Å². The Bertz CT molecular complexity index is 969. The van der Waals surface area contributed by atoms with Crippen molar-refractivity contribution in [1.29, 1.82) is 0 Å². The van der Waals surface area contributed by atoms with E-state index in [1.54, 1.807) is 12.2 Å². The van der Waals surface area contributed by atoms with E-state index in [4.69, 9.17) is 4.74 Å². The molecule has 0 bridgehead atoms. The van der Waals surface area contributed by atoms with Crippen molar-refractivity contribution in [2.75, 3.05) is 13.7 Å². The van der Waals surface area contributed by atoms with E-state index in [1.165, 1.54) is 20.0 Å². The normalized spacial score (nSPS) is 40.4. The van der Waals surface area contributed by atoms with Crippen LogP contribution < -0.4 is 10.6 Å². The van der Waals surface area contributed by atoms with Crippen LogP contribution in [0.25, 0.3) is 0 Å². The molecule has 2 N–H and O–H groups in total. The second kappa shape index (κ2) is 12.2. The van der Waals surface area contributed by atoms with Crippen molar-refractivity contribution in [2.24, 2.45) is 47.3 Å². The number of amides is 2. The summed E-state index contributed by atoms with van der Waals surface area (Å²) in [6.45, 7) is 5.08. The SMILES string of the molecule is CC[C@H]1[C@@H]2C=C[C@@H]3[C@H]4C/C=C\C(=O)NCCC[C@@H](C(=O)OC)NC(=O)CC(=O)/C=C/[C@@H]4C[C@@H]3[C@H]2C[C@H]1C. The average molecular weight is 511 g/mol. The molecule has 202 valence electrons. The monoisotopic (exact) mass is 510 g/mol. The molecule has 4 rings (SSSR count). The van der Waals surface area contributed by atoms with Crippen molar-refractivity contribution < 1.29 is 23.9 Å². The molecule has 7 nitrogen and oxygen atoms in total. The Labute approximate surface area is 220 Å². The molecular weight excluding hydrogens is 468 g/mol. The van der Waals surface area contributed by atoms with Crippen molar-refractivity contribution in [3.63, 3.8) is 0 Å². The molecule has 0 radical (unpaired) electrons. The largest absolute Gasteiger partial charge is 0.467 e. The van der Waals surface area contributed by atoms with Crippen LogP contribution in [0.2, 0.25) is 0 Å². The number of fused-ring (bicyclic) bond motifs is 5. The topological polar surface area (TPSA) is 102 Å². The molecule has 0 aromatic carbocycles. The van der Waals surface area contributed by atoms with Gasteiger partial charge in [0, 0.05) is 6.54 Å². The zero-order chi connectivity index (χ0) is 26.5. The van der Waals surface area contributed by atoms with Crippen molar-refractivity contribution in [3.8, 4) is 0 Å². The lowest BCUT2D eigenvalue weighted by atomic mass is 9.69. The van der Waals surface area contributed by atoms with E-state index in [2.05, 4.69) is 36.6 Å². The molecule has 1 aliphatic heterocycles. The summed E-state index contributed by atoms with van der Waals surface area (Å²) in [6, 6.07) is -0.847. The van der Waals surface area contributed by atoms with Gasteiger partial charge in [0.15, 0.2) is 5.78 Å². The number of carbonyl (C=O) groups excluding carboxylic acids is 4. The summed E-state index contributed by atoms with van der Waals surface area (Å²) < 4.78 is 4.80. The molecule has 0 aromatic heterocycles. The number of methoxy groups -OCH3 is 1. The summed E-state index contributed by atoms with van der Waals surface area (Å²) >= 11 is 0. The van der Waals surface area contributed by atoms with Crippen molar-refractivity contribution >= 4 is 23.6 Å². The summed E-state index contributed by atoms with van der Waals surface area (Å²) in [5.74, 6) is 2.87. The molecule has 9 atom stereocenters. The molecule has 0 unspecified atom stereocenters. The third-order valence-electron chi connectivity index (χ3n) is 9.35. The average Bonchev–Trinajstić information content (AvgIpc) is 3.39. The van der Waals surface area contributed by atoms with Crippen molar-refractivity contribution in [3.05, 3.63) is 36.5 Å². The summed E-state index contributed by atoms with van der Waals surface area (Å²) in [5.41, 5.74) is 0. The maximum Gasteiger partial charge on any atom is 0.328 e. The van der Waals surface area contributed by atoms with Crippen LogP contribution in [0.1, 0.15) is 58.8 Å². The number of esters is 1. The number of ether oxygens (including phenoxy) is 1. The van der Waals surface area contributed by atoms with Gasteiger partial charge in [0.05, 0.1) is 13.5 Å². The van der Waals surface area contributed by atoms with Crippen molar-refractivity contribution in [1.82, 2.24) is 10.6 Å². The van der Waals surface area contributed by atoms with Gasteiger partial charge in [-0.15, -0.1) is 0 Å². The quantitative estimate of drug-likeness (QED) is 0.335. The highest BCUT2D eigenvalue weighted by Gasteiger charge is 2.51. The fraction of sp³-hybridized carbons (Fsp3) is 0.667. The van der Waals surface area contributed by atoms with E-state index in [0.29, 0.717) is 49.0 Å². The van der Waals surface area contributed by atoms with Gasteiger partial charge in [-0.25, -0.2) is 4.79 Å². The molecule has 0 aromatic rings. The van der Waals surface area contributed by atoms with Gasteiger partial charge in [0.25, 0.3) is 0 Å². The standard InChI is InChI=1S/C30H42N2O5/c1-4-21-18(2)15-25-23(21)12-13-24-22-7-5-9-28(34)31-14-6-8-27(30(36)37-3)32-29(35)17-20(33)11-10-19(22)16-26(24)25/h5,9-13,18-19,21-27H,4,6-8,14-17H2,1-3H3,(H,31,34)(H,32,35)/b9-5-,11-10+/t18-,19-,21-,22+,23+,24-,25+,26+,27+/m1/s1. The summed E-state index contributed by atoms with van der Waals surface area (Å²) in [4.78, 5) is 49.7. The molecule has 0 spiro atoms. The Morgan fingerprint density at radius 1 is 1.03 bits per heavy atom. The fourth-order valence-electron chi connectivity index (χ4n) is 7.68. The highest BCUT2D eigenvalue weighted by Crippen LogP contribution is 2.59. The molecule has 2 fully saturated rings. The number of allylic oxidation sites excluding steroid dienone is 5. The van der Waals surface area contributed by atoms with Crippen LogP contribution in [0.5, 0.6) is 0 Å². The molecular formula is C30H42N2O5. The van der Waals surface area contributed by atoms with Crippen molar-refractivity contribution in [2.45, 2.75) is 64.8 Å². The smallest absolute Gasteiger partial charge is 0.328 e. The Kier molecular flexibility index (Phi) is 9.04. The molecule has 2 saturated carbocycles. The predicted octanol–water partition coefficient (Wildman–Crippen LogP) is 3.75. The molecule has 1 heterocycles. The number of rotatable bonds is 2. The van der Waals surface area contributed by atoms with Crippen LogP contribution in [0.4, 0.5) is 0 Å². The zero-order valence-electron chi connectivity index (χ0n) is 22.4. The van der Waals surface area contributed by atoms with E-state index < -0.39 is 17.9 Å². The third-order valence-corrected chi connectivity index (χ3v) is 9.35. The van der Waals surface area contributed by atoms with Gasteiger partial charge in [-0.2, -0.15) is 0 Å². The highest BCUT2D eigenvalue weighted by molar-refractivity contribution is 6.04. The minimum absolute atomic E-state index is 0.158. The summed E-state index contributed by atoms with van der Waals surface area (Å²) in [5, 5.41) is 5.49. The lowest BCUT2D eigenvalue weighted by Crippen LogP contribution is -2.42. The second-order valence-corrected chi connectivity index (χ2v) is 11.4. The van der Waals surface area contributed by atoms with E-state index in [-0.39, 0.29) is 24.0 Å². The predicted molar refractivity (Wildman–Crippen MR) is 141 cm³/mol.